The van der Waals surface area contributed by atoms with E-state index in [-0.39, 0.29) is 25.7 Å². The van der Waals surface area contributed by atoms with Gasteiger partial charge in [-0.2, -0.15) is 0 Å². The molecule has 0 bridgehead atoms. The summed E-state index contributed by atoms with van der Waals surface area (Å²) in [4.78, 5) is 0. The topological polar surface area (TPSA) is 18.5 Å². The van der Waals surface area contributed by atoms with E-state index < -0.39 is 0 Å². The predicted octanol–water partition coefficient (Wildman–Crippen LogP) is 2.34. The van der Waals surface area contributed by atoms with Crippen LogP contribution in [0.3, 0.4) is 0 Å². The van der Waals surface area contributed by atoms with Crippen molar-refractivity contribution in [3.05, 3.63) is 0 Å². The van der Waals surface area contributed by atoms with Gasteiger partial charge in [0.05, 0.1) is 11.2 Å². The summed E-state index contributed by atoms with van der Waals surface area (Å²) in [7, 11) is -0.0648. The molecule has 1 aliphatic rings. The Labute approximate surface area is 70.4 Å². The quantitative estimate of drug-likeness (QED) is 0.503. The molecular formula is C8H19BO2. The van der Waals surface area contributed by atoms with Gasteiger partial charge in [-0.05, 0) is 34.5 Å². The van der Waals surface area contributed by atoms with Crippen LogP contribution in [0, 0.1) is 0 Å². The molecule has 3 heteroatoms. The van der Waals surface area contributed by atoms with Crippen molar-refractivity contribution in [2.75, 3.05) is 0 Å². The van der Waals surface area contributed by atoms with Crippen LogP contribution in [-0.4, -0.2) is 18.3 Å². The largest absolute Gasteiger partial charge is 0.454 e. The van der Waals surface area contributed by atoms with Gasteiger partial charge < -0.3 is 9.31 Å². The fourth-order valence-electron chi connectivity index (χ4n) is 1.14. The average Bonchev–Trinajstić information content (AvgIpc) is 1.73. The molecule has 0 radical (unpaired) electrons. The van der Waals surface area contributed by atoms with Crippen molar-refractivity contribution in [3.8, 4) is 0 Å². The third-order valence-corrected chi connectivity index (χ3v) is 2.37. The number of hydrogen-bond acceptors (Lipinski definition) is 2. The SMILES string of the molecule is C.CB1OC(C)(C)C(C)(C)O1. The summed E-state index contributed by atoms with van der Waals surface area (Å²) in [6.45, 7) is 10.1. The van der Waals surface area contributed by atoms with Gasteiger partial charge in [0.2, 0.25) is 0 Å². The van der Waals surface area contributed by atoms with Crippen LogP contribution in [0.1, 0.15) is 35.1 Å². The van der Waals surface area contributed by atoms with Crippen molar-refractivity contribution < 1.29 is 9.31 Å². The summed E-state index contributed by atoms with van der Waals surface area (Å²) in [5.74, 6) is 0. The first-order valence-corrected chi connectivity index (χ1v) is 3.71. The Kier molecular flexibility index (Phi) is 2.79. The minimum atomic E-state index is -0.160. The maximum Gasteiger partial charge on any atom is 0.454 e. The Hall–Kier alpha value is -0.0151. The van der Waals surface area contributed by atoms with Gasteiger partial charge in [0.1, 0.15) is 0 Å². The van der Waals surface area contributed by atoms with Gasteiger partial charge in [-0.1, -0.05) is 7.43 Å². The van der Waals surface area contributed by atoms with Crippen LogP contribution in [0.2, 0.25) is 6.82 Å². The molecule has 1 rings (SSSR count). The van der Waals surface area contributed by atoms with Gasteiger partial charge in [-0.25, -0.2) is 0 Å². The molecule has 1 fully saturated rings. The summed E-state index contributed by atoms with van der Waals surface area (Å²) in [5.41, 5.74) is -0.321. The highest BCUT2D eigenvalue weighted by Crippen LogP contribution is 2.36. The Morgan fingerprint density at radius 3 is 1.27 bits per heavy atom. The molecule has 0 N–H and O–H groups in total. The van der Waals surface area contributed by atoms with E-state index >= 15 is 0 Å². The zero-order chi connectivity index (χ0) is 7.99. The maximum atomic E-state index is 5.54. The lowest BCUT2D eigenvalue weighted by Crippen LogP contribution is -2.41. The van der Waals surface area contributed by atoms with Crippen molar-refractivity contribution in [1.29, 1.82) is 0 Å². The van der Waals surface area contributed by atoms with Crippen LogP contribution >= 0.6 is 0 Å². The second-order valence-electron chi connectivity index (χ2n) is 3.82. The molecule has 0 atom stereocenters. The van der Waals surface area contributed by atoms with Crippen molar-refractivity contribution in [2.45, 2.75) is 53.1 Å². The third-order valence-electron chi connectivity index (χ3n) is 2.37. The highest BCUT2D eigenvalue weighted by atomic mass is 16.7. The van der Waals surface area contributed by atoms with Gasteiger partial charge in [-0.3, -0.25) is 0 Å². The lowest BCUT2D eigenvalue weighted by Gasteiger charge is -2.32. The Balaban J connectivity index is 0.000001000. The molecule has 0 spiro atoms. The van der Waals surface area contributed by atoms with E-state index in [1.54, 1.807) is 0 Å². The smallest absolute Gasteiger partial charge is 0.403 e. The maximum absolute atomic E-state index is 5.54. The Bertz CT molecular complexity index is 127. The first-order valence-electron chi connectivity index (χ1n) is 3.71. The molecule has 1 saturated heterocycles. The first-order chi connectivity index (χ1) is 4.35. The molecule has 1 heterocycles. The summed E-state index contributed by atoms with van der Waals surface area (Å²) in [5, 5.41) is 0. The van der Waals surface area contributed by atoms with Gasteiger partial charge in [-0.15, -0.1) is 0 Å². The molecule has 11 heavy (non-hydrogen) atoms. The second kappa shape index (κ2) is 2.79. The van der Waals surface area contributed by atoms with E-state index in [2.05, 4.69) is 27.7 Å². The summed E-state index contributed by atoms with van der Waals surface area (Å²) >= 11 is 0. The first kappa shape index (κ1) is 11.0. The van der Waals surface area contributed by atoms with Gasteiger partial charge >= 0.3 is 7.12 Å². The Morgan fingerprint density at radius 2 is 1.18 bits per heavy atom. The fraction of sp³-hybridized carbons (Fsp3) is 1.00. The standard InChI is InChI=1S/C7H15BO2.CH4/c1-6(2)7(3,4)10-8(5)9-6;/h1-5H3;1H4. The molecule has 0 aliphatic carbocycles. The lowest BCUT2D eigenvalue weighted by atomic mass is 9.90. The van der Waals surface area contributed by atoms with Crippen LogP contribution in [0.5, 0.6) is 0 Å². The normalized spacial score (nSPS) is 26.5. The van der Waals surface area contributed by atoms with E-state index in [1.165, 1.54) is 0 Å². The molecule has 0 amide bonds. The minimum absolute atomic E-state index is 0. The van der Waals surface area contributed by atoms with E-state index in [1.807, 2.05) is 6.82 Å². The van der Waals surface area contributed by atoms with Crippen molar-refractivity contribution in [3.63, 3.8) is 0 Å². The van der Waals surface area contributed by atoms with E-state index in [4.69, 9.17) is 9.31 Å². The van der Waals surface area contributed by atoms with Gasteiger partial charge in [0.15, 0.2) is 0 Å². The molecule has 0 aromatic rings. The van der Waals surface area contributed by atoms with Crippen LogP contribution in [0.4, 0.5) is 0 Å². The molecule has 2 nitrogen and oxygen atoms in total. The molecule has 0 saturated carbocycles. The average molecular weight is 158 g/mol. The zero-order valence-electron chi connectivity index (χ0n) is 7.39. The van der Waals surface area contributed by atoms with Crippen LogP contribution in [0.15, 0.2) is 0 Å². The van der Waals surface area contributed by atoms with E-state index in [0.29, 0.717) is 0 Å². The van der Waals surface area contributed by atoms with E-state index in [0.717, 1.165) is 0 Å². The number of hydrogen-bond donors (Lipinski definition) is 0. The monoisotopic (exact) mass is 158 g/mol. The van der Waals surface area contributed by atoms with Crippen molar-refractivity contribution in [1.82, 2.24) is 0 Å². The minimum Gasteiger partial charge on any atom is -0.403 e. The molecular weight excluding hydrogens is 139 g/mol. The molecule has 1 aliphatic heterocycles. The summed E-state index contributed by atoms with van der Waals surface area (Å²) < 4.78 is 11.1. The van der Waals surface area contributed by atoms with Crippen LogP contribution < -0.4 is 0 Å². The summed E-state index contributed by atoms with van der Waals surface area (Å²) in [6.07, 6.45) is 0. The molecule has 0 aromatic heterocycles. The third kappa shape index (κ3) is 1.77. The summed E-state index contributed by atoms with van der Waals surface area (Å²) in [6, 6.07) is 0. The predicted molar refractivity (Wildman–Crippen MR) is 48.7 cm³/mol. The Morgan fingerprint density at radius 1 is 0.909 bits per heavy atom. The second-order valence-corrected chi connectivity index (χ2v) is 3.82. The molecule has 0 aromatic carbocycles. The van der Waals surface area contributed by atoms with Crippen LogP contribution in [0.25, 0.3) is 0 Å². The van der Waals surface area contributed by atoms with Gasteiger partial charge in [0.25, 0.3) is 0 Å². The fourth-order valence-corrected chi connectivity index (χ4v) is 1.14. The number of rotatable bonds is 0. The van der Waals surface area contributed by atoms with Crippen LogP contribution in [-0.2, 0) is 9.31 Å². The highest BCUT2D eigenvalue weighted by molar-refractivity contribution is 6.43. The lowest BCUT2D eigenvalue weighted by molar-refractivity contribution is 0.00578. The zero-order valence-corrected chi connectivity index (χ0v) is 7.39. The van der Waals surface area contributed by atoms with Gasteiger partial charge in [0, 0.05) is 0 Å². The molecule has 0 unspecified atom stereocenters. The van der Waals surface area contributed by atoms with Crippen molar-refractivity contribution >= 4 is 7.12 Å². The van der Waals surface area contributed by atoms with Crippen molar-refractivity contribution in [2.24, 2.45) is 0 Å². The van der Waals surface area contributed by atoms with E-state index in [9.17, 15) is 0 Å². The molecule has 66 valence electrons. The highest BCUT2D eigenvalue weighted by Gasteiger charge is 2.48.